The van der Waals surface area contributed by atoms with Crippen LogP contribution in [-0.4, -0.2) is 91.7 Å². The predicted molar refractivity (Wildman–Crippen MR) is 138 cm³/mol. The van der Waals surface area contributed by atoms with Crippen LogP contribution in [0.1, 0.15) is 52.5 Å². The van der Waals surface area contributed by atoms with Crippen molar-refractivity contribution in [3.63, 3.8) is 0 Å². The molecule has 0 radical (unpaired) electrons. The summed E-state index contributed by atoms with van der Waals surface area (Å²) in [5.41, 5.74) is -23.6. The van der Waals surface area contributed by atoms with Crippen molar-refractivity contribution in [3.8, 4) is 0 Å². The van der Waals surface area contributed by atoms with Crippen LogP contribution >= 0.6 is 0 Å². The Morgan fingerprint density at radius 1 is 0.857 bits per heavy atom. The van der Waals surface area contributed by atoms with E-state index in [0.29, 0.717) is 26.0 Å². The molecule has 278 valence electrons. The molecule has 1 saturated heterocycles. The predicted octanol–water partition coefficient (Wildman–Crippen LogP) is 7.04. The number of carboxylic acids is 2. The first-order valence-electron chi connectivity index (χ1n) is 13.7. The van der Waals surface area contributed by atoms with E-state index in [1.54, 1.807) is 0 Å². The first kappa shape index (κ1) is 41.5. The lowest BCUT2D eigenvalue weighted by Gasteiger charge is -2.68. The molecule has 1 fully saturated rings. The third kappa shape index (κ3) is 4.96. The van der Waals surface area contributed by atoms with Gasteiger partial charge in [-0.25, -0.2) is 4.39 Å². The van der Waals surface area contributed by atoms with E-state index in [1.807, 2.05) is 0 Å². The molecule has 0 amide bonds. The Bertz CT molecular complexity index is 1520. The monoisotopic (exact) mass is 738 g/mol. The lowest BCUT2D eigenvalue weighted by atomic mass is 9.41. The van der Waals surface area contributed by atoms with E-state index in [4.69, 9.17) is 0 Å². The molecule has 6 atom stereocenters. The number of ketones is 1. The average molecular weight is 738 g/mol. The molecule has 1 aliphatic heterocycles. The first-order chi connectivity index (χ1) is 21.7. The molecule has 2 N–H and O–H groups in total. The Morgan fingerprint density at radius 3 is 1.67 bits per heavy atom. The van der Waals surface area contributed by atoms with Gasteiger partial charge in [0.15, 0.2) is 5.78 Å². The minimum absolute atomic E-state index is 0.0154. The van der Waals surface area contributed by atoms with Gasteiger partial charge in [0.1, 0.15) is 5.41 Å². The Morgan fingerprint density at radius 2 is 1.33 bits per heavy atom. The van der Waals surface area contributed by atoms with Gasteiger partial charge in [0.05, 0.1) is 15.9 Å². The number of rotatable bonds is 11. The quantitative estimate of drug-likeness (QED) is 0.140. The summed E-state index contributed by atoms with van der Waals surface area (Å²) in [6.07, 6.45) is -16.3. The highest BCUT2D eigenvalue weighted by Gasteiger charge is 2.98. The van der Waals surface area contributed by atoms with Gasteiger partial charge in [0.25, 0.3) is 11.4 Å². The number of carbonyl (C=O) groups is 3. The number of non-ortho nitro benzene ring substituents is 1. The van der Waals surface area contributed by atoms with Crippen molar-refractivity contribution >= 4 is 23.4 Å². The Hall–Kier alpha value is -3.72. The van der Waals surface area contributed by atoms with E-state index in [9.17, 15) is 69.8 Å². The summed E-state index contributed by atoms with van der Waals surface area (Å²) in [5.74, 6) is -36.7. The number of hydrogen-bond acceptors (Lipinski definition) is 6. The highest BCUT2D eigenvalue weighted by Crippen LogP contribution is 2.74. The minimum atomic E-state index is -8.45. The zero-order chi connectivity index (χ0) is 38.9. The summed E-state index contributed by atoms with van der Waals surface area (Å²) in [6, 6.07) is -2.25. The van der Waals surface area contributed by atoms with Crippen LogP contribution in [0.2, 0.25) is 0 Å². The summed E-state index contributed by atoms with van der Waals surface area (Å²) in [6.45, 7) is 1.33. The van der Waals surface area contributed by atoms with Crippen LogP contribution in [0.4, 0.5) is 62.8 Å². The second kappa shape index (κ2) is 12.0. The molecule has 6 unspecified atom stereocenters. The van der Waals surface area contributed by atoms with Crippen molar-refractivity contribution in [1.82, 2.24) is 4.90 Å². The average Bonchev–Trinajstić information content (AvgIpc) is 2.94. The fourth-order valence-electron chi connectivity index (χ4n) is 7.12. The van der Waals surface area contributed by atoms with Crippen LogP contribution < -0.4 is 0 Å². The minimum Gasteiger partial charge on any atom is -0.481 e. The summed E-state index contributed by atoms with van der Waals surface area (Å²) in [7, 11) is 0. The van der Waals surface area contributed by atoms with Crippen molar-refractivity contribution in [2.24, 2.45) is 10.8 Å². The van der Waals surface area contributed by atoms with Gasteiger partial charge < -0.3 is 10.2 Å². The number of aliphatic carboxylic acids is 2. The summed E-state index contributed by atoms with van der Waals surface area (Å²) >= 11 is 0. The maximum Gasteiger partial charge on any atom is 0.460 e. The number of benzene rings is 1. The third-order valence-corrected chi connectivity index (χ3v) is 9.65. The van der Waals surface area contributed by atoms with Gasteiger partial charge in [0.2, 0.25) is 0 Å². The Kier molecular flexibility index (Phi) is 10.1. The number of Topliss-reactive ketones (excluding diaryl/α,β-unsaturated/α-hetero) is 1. The largest absolute Gasteiger partial charge is 0.481 e. The summed E-state index contributed by atoms with van der Waals surface area (Å²) in [4.78, 5) is 50.1. The second-order valence-corrected chi connectivity index (χ2v) is 11.8. The fraction of sp³-hybridized carbons (Fsp3) is 0.667. The topological polar surface area (TPSA) is 138 Å². The molecule has 9 nitrogen and oxygen atoms in total. The number of carboxylic acid groups (broad SMARTS) is 2. The van der Waals surface area contributed by atoms with Crippen LogP contribution in [0, 0.1) is 20.9 Å². The molecule has 1 aromatic carbocycles. The van der Waals surface area contributed by atoms with Gasteiger partial charge in [-0.05, 0) is 46.2 Å². The summed E-state index contributed by atoms with van der Waals surface area (Å²) in [5, 5.41) is 32.7. The highest BCUT2D eigenvalue weighted by atomic mass is 19.4. The summed E-state index contributed by atoms with van der Waals surface area (Å²) < 4.78 is 193. The SMILES string of the molecule is CCCN1C(C)C(C(=O)O)(C(F)(C(F)(F)C(F)(F)F)C(F)(F)C(F)(F)C(F)(F)F)C(c2cccc([N+](=O)[O-])c2)C(C)(C(=O)O)C1(C)C(C)=O. The number of halogens is 13. The molecule has 1 aromatic rings. The van der Waals surface area contributed by atoms with Crippen LogP contribution in [0.3, 0.4) is 0 Å². The van der Waals surface area contributed by atoms with E-state index < -0.39 is 111 Å². The van der Waals surface area contributed by atoms with E-state index in [2.05, 4.69) is 0 Å². The number of nitro benzene ring substituents is 1. The number of hydrogen-bond donors (Lipinski definition) is 2. The zero-order valence-corrected chi connectivity index (χ0v) is 25.6. The van der Waals surface area contributed by atoms with Gasteiger partial charge in [-0.2, -0.15) is 52.7 Å². The van der Waals surface area contributed by atoms with Crippen molar-refractivity contribution in [1.29, 1.82) is 0 Å². The van der Waals surface area contributed by atoms with Crippen LogP contribution in [0.15, 0.2) is 24.3 Å². The van der Waals surface area contributed by atoms with Crippen molar-refractivity contribution in [3.05, 3.63) is 39.9 Å². The van der Waals surface area contributed by atoms with Gasteiger partial charge in [-0.15, -0.1) is 0 Å². The standard InChI is InChI=1S/C27H27F13N2O7/c1-6-10-41-12(2)21(18(46)47,22(28,24(31,32)26(35,36)37)23(29,30)25(33,34)27(38,39)40)16(14-8-7-9-15(11-14)42(48)49)19(4,17(44)45)20(41,5)13(3)43/h7-9,11-12,16H,6,10H2,1-5H3,(H,44,45)(H,46,47). The number of likely N-dealkylation sites (tertiary alicyclic amines) is 1. The van der Waals surface area contributed by atoms with Gasteiger partial charge in [-0.3, -0.25) is 29.4 Å². The van der Waals surface area contributed by atoms with Crippen LogP contribution in [0.5, 0.6) is 0 Å². The van der Waals surface area contributed by atoms with Gasteiger partial charge in [0, 0.05) is 24.1 Å². The van der Waals surface area contributed by atoms with E-state index in [0.717, 1.165) is 6.92 Å². The molecule has 0 aliphatic carbocycles. The lowest BCUT2D eigenvalue weighted by molar-refractivity contribution is -0.448. The molecule has 0 saturated carbocycles. The molecule has 0 spiro atoms. The Labute approximate surface area is 267 Å². The number of nitrogens with zero attached hydrogens (tertiary/aromatic N) is 2. The molecule has 22 heteroatoms. The van der Waals surface area contributed by atoms with Crippen LogP contribution in [-0.2, 0) is 14.4 Å². The first-order valence-corrected chi connectivity index (χ1v) is 13.7. The van der Waals surface area contributed by atoms with E-state index in [-0.39, 0.29) is 30.9 Å². The van der Waals surface area contributed by atoms with Crippen LogP contribution in [0.25, 0.3) is 0 Å². The van der Waals surface area contributed by atoms with E-state index >= 15 is 22.0 Å². The maximum absolute atomic E-state index is 17.6. The van der Waals surface area contributed by atoms with E-state index in [1.165, 1.54) is 0 Å². The third-order valence-electron chi connectivity index (χ3n) is 9.65. The van der Waals surface area contributed by atoms with Crippen molar-refractivity contribution in [2.45, 2.75) is 94.3 Å². The van der Waals surface area contributed by atoms with Gasteiger partial charge in [-0.1, -0.05) is 19.1 Å². The Balaban J connectivity index is 3.72. The fourth-order valence-corrected chi connectivity index (χ4v) is 7.12. The molecule has 1 heterocycles. The van der Waals surface area contributed by atoms with Gasteiger partial charge >= 0.3 is 42.1 Å². The number of carbonyl (C=O) groups excluding carboxylic acids is 1. The molecule has 0 aromatic heterocycles. The molecular formula is C27H27F13N2O7. The van der Waals surface area contributed by atoms with Crippen molar-refractivity contribution < 1.29 is 86.6 Å². The highest BCUT2D eigenvalue weighted by molar-refractivity contribution is 5.96. The second-order valence-electron chi connectivity index (χ2n) is 11.8. The number of nitro groups is 1. The molecular weight excluding hydrogens is 711 g/mol. The molecule has 49 heavy (non-hydrogen) atoms. The smallest absolute Gasteiger partial charge is 0.460 e. The zero-order valence-electron chi connectivity index (χ0n) is 25.6. The maximum atomic E-state index is 17.6. The lowest BCUT2D eigenvalue weighted by Crippen LogP contribution is -2.87. The number of alkyl halides is 13. The molecule has 2 rings (SSSR count). The van der Waals surface area contributed by atoms with Crippen molar-refractivity contribution in [2.75, 3.05) is 6.54 Å². The normalized spacial score (nSPS) is 28.9. The molecule has 0 bridgehead atoms. The molecule has 1 aliphatic rings. The number of piperidine rings is 1.